The van der Waals surface area contributed by atoms with Crippen molar-refractivity contribution in [1.82, 2.24) is 5.32 Å². The van der Waals surface area contributed by atoms with E-state index in [-0.39, 0.29) is 0 Å². The zero-order valence-electron chi connectivity index (χ0n) is 9.49. The van der Waals surface area contributed by atoms with Crippen LogP contribution in [-0.2, 0) is 0 Å². The number of hydrogen-bond acceptors (Lipinski definition) is 2. The SMILES string of the molecule is CC[C@@H]1CNC[C@@H]1c1ccc(OC)cc1. The highest BCUT2D eigenvalue weighted by atomic mass is 16.5. The average Bonchev–Trinajstić information content (AvgIpc) is 2.77. The number of ether oxygens (including phenoxy) is 1. The van der Waals surface area contributed by atoms with Gasteiger partial charge in [0.05, 0.1) is 7.11 Å². The molecule has 1 heterocycles. The quantitative estimate of drug-likeness (QED) is 0.818. The van der Waals surface area contributed by atoms with Crippen LogP contribution in [-0.4, -0.2) is 20.2 Å². The molecule has 0 amide bonds. The van der Waals surface area contributed by atoms with Crippen molar-refractivity contribution in [3.8, 4) is 5.75 Å². The van der Waals surface area contributed by atoms with Crippen molar-refractivity contribution < 1.29 is 4.74 Å². The molecule has 1 N–H and O–H groups in total. The van der Waals surface area contributed by atoms with Gasteiger partial charge in [0.1, 0.15) is 5.75 Å². The molecule has 0 radical (unpaired) electrons. The average molecular weight is 205 g/mol. The second-order valence-corrected chi connectivity index (χ2v) is 4.21. The van der Waals surface area contributed by atoms with Gasteiger partial charge < -0.3 is 10.1 Å². The molecule has 1 fully saturated rings. The molecule has 0 saturated carbocycles. The normalized spacial score (nSPS) is 25.5. The largest absolute Gasteiger partial charge is 0.497 e. The first-order chi connectivity index (χ1) is 7.35. The lowest BCUT2D eigenvalue weighted by Crippen LogP contribution is -2.09. The van der Waals surface area contributed by atoms with E-state index in [0.717, 1.165) is 24.8 Å². The van der Waals surface area contributed by atoms with E-state index in [2.05, 4.69) is 36.5 Å². The molecule has 1 aliphatic rings. The van der Waals surface area contributed by atoms with Crippen LogP contribution in [0.15, 0.2) is 24.3 Å². The highest BCUT2D eigenvalue weighted by molar-refractivity contribution is 5.30. The molecular formula is C13H19NO. The fourth-order valence-corrected chi connectivity index (χ4v) is 2.40. The number of nitrogens with one attached hydrogen (secondary N) is 1. The van der Waals surface area contributed by atoms with Crippen LogP contribution in [0.5, 0.6) is 5.75 Å². The van der Waals surface area contributed by atoms with Gasteiger partial charge >= 0.3 is 0 Å². The van der Waals surface area contributed by atoms with Gasteiger partial charge in [-0.3, -0.25) is 0 Å². The van der Waals surface area contributed by atoms with Gasteiger partial charge in [0.25, 0.3) is 0 Å². The third-order valence-corrected chi connectivity index (χ3v) is 3.41. The Hall–Kier alpha value is -1.02. The van der Waals surface area contributed by atoms with Gasteiger partial charge in [-0.2, -0.15) is 0 Å². The van der Waals surface area contributed by atoms with Crippen LogP contribution in [0.1, 0.15) is 24.8 Å². The monoisotopic (exact) mass is 205 g/mol. The molecule has 2 heteroatoms. The van der Waals surface area contributed by atoms with Crippen LogP contribution >= 0.6 is 0 Å². The van der Waals surface area contributed by atoms with Crippen molar-refractivity contribution in [1.29, 1.82) is 0 Å². The van der Waals surface area contributed by atoms with Gasteiger partial charge in [0.2, 0.25) is 0 Å². The molecule has 1 aromatic carbocycles. The molecule has 0 bridgehead atoms. The molecule has 0 aromatic heterocycles. The van der Waals surface area contributed by atoms with Crippen LogP contribution < -0.4 is 10.1 Å². The molecule has 82 valence electrons. The fraction of sp³-hybridized carbons (Fsp3) is 0.538. The first-order valence-corrected chi connectivity index (χ1v) is 5.69. The van der Waals surface area contributed by atoms with Crippen molar-refractivity contribution in [2.45, 2.75) is 19.3 Å². The highest BCUT2D eigenvalue weighted by Crippen LogP contribution is 2.30. The van der Waals surface area contributed by atoms with Crippen LogP contribution in [0, 0.1) is 5.92 Å². The summed E-state index contributed by atoms with van der Waals surface area (Å²) >= 11 is 0. The first-order valence-electron chi connectivity index (χ1n) is 5.69. The van der Waals surface area contributed by atoms with Crippen molar-refractivity contribution in [3.05, 3.63) is 29.8 Å². The molecular weight excluding hydrogens is 186 g/mol. The Morgan fingerprint density at radius 3 is 2.60 bits per heavy atom. The second-order valence-electron chi connectivity index (χ2n) is 4.21. The number of rotatable bonds is 3. The van der Waals surface area contributed by atoms with Crippen molar-refractivity contribution >= 4 is 0 Å². The van der Waals surface area contributed by atoms with E-state index in [1.807, 2.05) is 0 Å². The van der Waals surface area contributed by atoms with E-state index in [1.54, 1.807) is 7.11 Å². The van der Waals surface area contributed by atoms with Crippen LogP contribution in [0.25, 0.3) is 0 Å². The maximum atomic E-state index is 5.17. The minimum Gasteiger partial charge on any atom is -0.497 e. The van der Waals surface area contributed by atoms with Gasteiger partial charge in [-0.25, -0.2) is 0 Å². The van der Waals surface area contributed by atoms with Gasteiger partial charge in [-0.1, -0.05) is 25.5 Å². The Morgan fingerprint density at radius 1 is 1.27 bits per heavy atom. The van der Waals surface area contributed by atoms with Crippen molar-refractivity contribution in [3.63, 3.8) is 0 Å². The molecule has 1 saturated heterocycles. The van der Waals surface area contributed by atoms with Gasteiger partial charge in [-0.15, -0.1) is 0 Å². The number of benzene rings is 1. The van der Waals surface area contributed by atoms with E-state index in [9.17, 15) is 0 Å². The van der Waals surface area contributed by atoms with Crippen LogP contribution in [0.2, 0.25) is 0 Å². The Labute approximate surface area is 91.6 Å². The highest BCUT2D eigenvalue weighted by Gasteiger charge is 2.26. The van der Waals surface area contributed by atoms with Crippen LogP contribution in [0.4, 0.5) is 0 Å². The van der Waals surface area contributed by atoms with E-state index in [1.165, 1.54) is 12.0 Å². The maximum absolute atomic E-state index is 5.17. The smallest absolute Gasteiger partial charge is 0.118 e. The van der Waals surface area contributed by atoms with E-state index in [0.29, 0.717) is 5.92 Å². The molecule has 2 rings (SSSR count). The molecule has 2 nitrogen and oxygen atoms in total. The Morgan fingerprint density at radius 2 is 2.00 bits per heavy atom. The lowest BCUT2D eigenvalue weighted by Gasteiger charge is -2.17. The van der Waals surface area contributed by atoms with Gasteiger partial charge in [0, 0.05) is 12.5 Å². The standard InChI is InChI=1S/C13H19NO/c1-3-10-8-14-9-13(10)11-4-6-12(15-2)7-5-11/h4-7,10,13-14H,3,8-9H2,1-2H3/t10-,13+/m1/s1. The topological polar surface area (TPSA) is 21.3 Å². The molecule has 0 aliphatic carbocycles. The summed E-state index contributed by atoms with van der Waals surface area (Å²) < 4.78 is 5.17. The minimum absolute atomic E-state index is 0.681. The fourth-order valence-electron chi connectivity index (χ4n) is 2.40. The zero-order chi connectivity index (χ0) is 10.7. The third kappa shape index (κ3) is 2.15. The molecule has 1 aromatic rings. The summed E-state index contributed by atoms with van der Waals surface area (Å²) in [5, 5.41) is 3.47. The molecule has 2 atom stereocenters. The third-order valence-electron chi connectivity index (χ3n) is 3.41. The minimum atomic E-state index is 0.681. The lowest BCUT2D eigenvalue weighted by molar-refractivity contribution is 0.414. The summed E-state index contributed by atoms with van der Waals surface area (Å²) in [5.74, 6) is 2.41. The first kappa shape index (κ1) is 10.5. The lowest BCUT2D eigenvalue weighted by atomic mass is 9.87. The summed E-state index contributed by atoms with van der Waals surface area (Å²) in [6, 6.07) is 8.50. The van der Waals surface area contributed by atoms with Gasteiger partial charge in [-0.05, 0) is 30.2 Å². The maximum Gasteiger partial charge on any atom is 0.118 e. The number of methoxy groups -OCH3 is 1. The molecule has 15 heavy (non-hydrogen) atoms. The summed E-state index contributed by atoms with van der Waals surface area (Å²) in [7, 11) is 1.71. The van der Waals surface area contributed by atoms with Gasteiger partial charge in [0.15, 0.2) is 0 Å². The van der Waals surface area contributed by atoms with Crippen molar-refractivity contribution in [2.75, 3.05) is 20.2 Å². The van der Waals surface area contributed by atoms with E-state index in [4.69, 9.17) is 4.74 Å². The summed E-state index contributed by atoms with van der Waals surface area (Å²) in [5.41, 5.74) is 1.44. The van der Waals surface area contributed by atoms with Crippen LogP contribution in [0.3, 0.4) is 0 Å². The zero-order valence-corrected chi connectivity index (χ0v) is 9.49. The summed E-state index contributed by atoms with van der Waals surface area (Å²) in [4.78, 5) is 0. The Balaban J connectivity index is 2.14. The molecule has 0 unspecified atom stereocenters. The summed E-state index contributed by atoms with van der Waals surface area (Å²) in [6.07, 6.45) is 1.25. The second kappa shape index (κ2) is 4.67. The Bertz CT molecular complexity index is 307. The molecule has 0 spiro atoms. The Kier molecular flexibility index (Phi) is 3.27. The predicted octanol–water partition coefficient (Wildman–Crippen LogP) is 2.41. The van der Waals surface area contributed by atoms with E-state index >= 15 is 0 Å². The predicted molar refractivity (Wildman–Crippen MR) is 62.4 cm³/mol. The van der Waals surface area contributed by atoms with Crippen molar-refractivity contribution in [2.24, 2.45) is 5.92 Å². The molecule has 1 aliphatic heterocycles. The number of hydrogen-bond donors (Lipinski definition) is 1. The van der Waals surface area contributed by atoms with E-state index < -0.39 is 0 Å². The summed E-state index contributed by atoms with van der Waals surface area (Å²) in [6.45, 7) is 4.55.